The molecule has 0 bridgehead atoms. The van der Waals surface area contributed by atoms with Gasteiger partial charge in [0.2, 0.25) is 5.91 Å². The minimum Gasteiger partial charge on any atom is -0.385 e. The van der Waals surface area contributed by atoms with Crippen LogP contribution >= 0.6 is 35.0 Å². The van der Waals surface area contributed by atoms with E-state index in [2.05, 4.69) is 10.2 Å². The highest BCUT2D eigenvalue weighted by atomic mass is 35.5. The summed E-state index contributed by atoms with van der Waals surface area (Å²) in [5.41, 5.74) is 1.79. The zero-order valence-electron chi connectivity index (χ0n) is 17.4. The Bertz CT molecular complexity index is 1030. The maximum atomic E-state index is 12.7. The summed E-state index contributed by atoms with van der Waals surface area (Å²) < 4.78 is 7.18. The molecule has 1 aromatic heterocycles. The molecule has 0 saturated heterocycles. The number of hydrogen-bond acceptors (Lipinski definition) is 5. The number of rotatable bonds is 10. The van der Waals surface area contributed by atoms with E-state index >= 15 is 0 Å². The molecule has 0 unspecified atom stereocenters. The van der Waals surface area contributed by atoms with Crippen molar-refractivity contribution in [2.75, 3.05) is 26.5 Å². The Kier molecular flexibility index (Phi) is 8.78. The van der Waals surface area contributed by atoms with Crippen LogP contribution < -0.4 is 0 Å². The molecule has 0 N–H and O–H groups in total. The van der Waals surface area contributed by atoms with E-state index in [0.717, 1.165) is 17.5 Å². The van der Waals surface area contributed by atoms with Gasteiger partial charge in [0, 0.05) is 44.4 Å². The van der Waals surface area contributed by atoms with Crippen molar-refractivity contribution in [2.24, 2.45) is 0 Å². The molecule has 3 aromatic rings. The van der Waals surface area contributed by atoms with Gasteiger partial charge in [-0.25, -0.2) is 0 Å². The second kappa shape index (κ2) is 11.5. The molecule has 164 valence electrons. The number of benzene rings is 2. The highest BCUT2D eigenvalue weighted by molar-refractivity contribution is 7.99. The largest absolute Gasteiger partial charge is 0.385 e. The number of methoxy groups -OCH3 is 1. The van der Waals surface area contributed by atoms with Crippen LogP contribution in [0.25, 0.3) is 11.4 Å². The van der Waals surface area contributed by atoms with Gasteiger partial charge in [0.05, 0.1) is 10.8 Å². The van der Waals surface area contributed by atoms with Gasteiger partial charge in [-0.3, -0.25) is 4.79 Å². The molecule has 1 heterocycles. The van der Waals surface area contributed by atoms with Crippen LogP contribution in [-0.4, -0.2) is 52.1 Å². The first-order valence-electron chi connectivity index (χ1n) is 9.78. The van der Waals surface area contributed by atoms with Crippen LogP contribution in [0.15, 0.2) is 53.7 Å². The van der Waals surface area contributed by atoms with Crippen LogP contribution in [0.1, 0.15) is 12.0 Å². The quantitative estimate of drug-likeness (QED) is 0.301. The van der Waals surface area contributed by atoms with Gasteiger partial charge in [-0.15, -0.1) is 10.2 Å². The van der Waals surface area contributed by atoms with E-state index in [1.165, 1.54) is 11.8 Å². The molecular formula is C22H24Cl2N4O2S. The van der Waals surface area contributed by atoms with Gasteiger partial charge in [-0.2, -0.15) is 0 Å². The molecule has 6 nitrogen and oxygen atoms in total. The fourth-order valence-corrected chi connectivity index (χ4v) is 4.38. The lowest BCUT2D eigenvalue weighted by Crippen LogP contribution is -2.27. The topological polar surface area (TPSA) is 60.2 Å². The molecule has 0 saturated carbocycles. The van der Waals surface area contributed by atoms with Crippen LogP contribution in [0, 0.1) is 0 Å². The molecule has 0 aliphatic heterocycles. The second-order valence-corrected chi connectivity index (χ2v) is 8.74. The lowest BCUT2D eigenvalue weighted by molar-refractivity contribution is -0.127. The molecule has 31 heavy (non-hydrogen) atoms. The number of halogens is 2. The lowest BCUT2D eigenvalue weighted by atomic mass is 10.2. The van der Waals surface area contributed by atoms with Crippen LogP contribution in [0.5, 0.6) is 0 Å². The molecular weight excluding hydrogens is 455 g/mol. The van der Waals surface area contributed by atoms with E-state index in [1.807, 2.05) is 53.1 Å². The first kappa shape index (κ1) is 23.6. The maximum absolute atomic E-state index is 12.7. The summed E-state index contributed by atoms with van der Waals surface area (Å²) in [5, 5.41) is 10.6. The van der Waals surface area contributed by atoms with Crippen molar-refractivity contribution >= 4 is 40.9 Å². The molecule has 0 aliphatic rings. The molecule has 0 spiro atoms. The fourth-order valence-electron chi connectivity index (χ4n) is 3.04. The molecule has 0 fully saturated rings. The average molecular weight is 479 g/mol. The van der Waals surface area contributed by atoms with E-state index in [0.29, 0.717) is 40.7 Å². The van der Waals surface area contributed by atoms with Crippen LogP contribution in [0.2, 0.25) is 10.0 Å². The van der Waals surface area contributed by atoms with Gasteiger partial charge < -0.3 is 14.2 Å². The lowest BCUT2D eigenvalue weighted by Gasteiger charge is -2.17. The van der Waals surface area contributed by atoms with E-state index in [-0.39, 0.29) is 11.7 Å². The fraction of sp³-hybridized carbons (Fsp3) is 0.318. The van der Waals surface area contributed by atoms with Crippen LogP contribution in [0.4, 0.5) is 0 Å². The van der Waals surface area contributed by atoms with Crippen molar-refractivity contribution in [2.45, 2.75) is 24.7 Å². The SMILES string of the molecule is COCCCn1c(SCC(=O)N(C)Cc2cccc(Cl)c2)nnc1-c1ccccc1Cl. The third-order valence-corrected chi connectivity index (χ3v) is 6.14. The number of aromatic nitrogens is 3. The Morgan fingerprint density at radius 3 is 2.71 bits per heavy atom. The van der Waals surface area contributed by atoms with E-state index in [1.54, 1.807) is 19.1 Å². The summed E-state index contributed by atoms with van der Waals surface area (Å²) >= 11 is 13.8. The van der Waals surface area contributed by atoms with Gasteiger partial charge in [0.1, 0.15) is 0 Å². The van der Waals surface area contributed by atoms with Crippen molar-refractivity contribution in [3.63, 3.8) is 0 Å². The first-order valence-corrected chi connectivity index (χ1v) is 11.5. The number of nitrogens with zero attached hydrogens (tertiary/aromatic N) is 4. The number of thioether (sulfide) groups is 1. The number of amides is 1. The molecule has 9 heteroatoms. The zero-order chi connectivity index (χ0) is 22.2. The predicted molar refractivity (Wildman–Crippen MR) is 126 cm³/mol. The molecule has 3 rings (SSSR count). The van der Waals surface area contributed by atoms with Crippen molar-refractivity contribution in [3.8, 4) is 11.4 Å². The third kappa shape index (κ3) is 6.46. The summed E-state index contributed by atoms with van der Waals surface area (Å²) in [6, 6.07) is 15.0. The Morgan fingerprint density at radius 2 is 1.97 bits per heavy atom. The Hall–Kier alpha value is -2.06. The second-order valence-electron chi connectivity index (χ2n) is 6.95. The maximum Gasteiger partial charge on any atom is 0.233 e. The molecule has 2 aromatic carbocycles. The highest BCUT2D eigenvalue weighted by Crippen LogP contribution is 2.29. The number of carbonyl (C=O) groups excluding carboxylic acids is 1. The van der Waals surface area contributed by atoms with Gasteiger partial charge in [-0.1, -0.05) is 59.2 Å². The molecule has 0 radical (unpaired) electrons. The Balaban J connectivity index is 1.71. The van der Waals surface area contributed by atoms with Crippen molar-refractivity contribution in [1.82, 2.24) is 19.7 Å². The zero-order valence-corrected chi connectivity index (χ0v) is 19.8. The monoisotopic (exact) mass is 478 g/mol. The summed E-state index contributed by atoms with van der Waals surface area (Å²) in [7, 11) is 3.45. The van der Waals surface area contributed by atoms with Crippen LogP contribution in [-0.2, 0) is 22.6 Å². The van der Waals surface area contributed by atoms with E-state index in [4.69, 9.17) is 27.9 Å². The molecule has 0 aliphatic carbocycles. The standard InChI is InChI=1S/C22H24Cl2N4O2S/c1-27(14-16-7-5-8-17(23)13-16)20(29)15-31-22-26-25-21(28(22)11-6-12-30-2)18-9-3-4-10-19(18)24/h3-5,7-10,13H,6,11-12,14-15H2,1-2H3. The smallest absolute Gasteiger partial charge is 0.233 e. The van der Waals surface area contributed by atoms with Gasteiger partial charge in [0.15, 0.2) is 11.0 Å². The van der Waals surface area contributed by atoms with Gasteiger partial charge >= 0.3 is 0 Å². The average Bonchev–Trinajstić information content (AvgIpc) is 3.15. The first-order chi connectivity index (χ1) is 15.0. The Labute approximate surface area is 196 Å². The van der Waals surface area contributed by atoms with Crippen molar-refractivity contribution in [1.29, 1.82) is 0 Å². The third-order valence-electron chi connectivity index (χ3n) is 4.62. The summed E-state index contributed by atoms with van der Waals surface area (Å²) in [4.78, 5) is 14.4. The van der Waals surface area contributed by atoms with Crippen molar-refractivity contribution < 1.29 is 9.53 Å². The van der Waals surface area contributed by atoms with Crippen LogP contribution in [0.3, 0.4) is 0 Å². The normalized spacial score (nSPS) is 11.0. The summed E-state index contributed by atoms with van der Waals surface area (Å²) in [6.07, 6.45) is 0.794. The summed E-state index contributed by atoms with van der Waals surface area (Å²) in [5.74, 6) is 0.932. The minimum absolute atomic E-state index is 0.00397. The number of carbonyl (C=O) groups is 1. The minimum atomic E-state index is -0.00397. The highest BCUT2D eigenvalue weighted by Gasteiger charge is 2.18. The molecule has 1 amide bonds. The van der Waals surface area contributed by atoms with E-state index in [9.17, 15) is 4.79 Å². The van der Waals surface area contributed by atoms with Gasteiger partial charge in [0.25, 0.3) is 0 Å². The van der Waals surface area contributed by atoms with Crippen molar-refractivity contribution in [3.05, 3.63) is 64.1 Å². The van der Waals surface area contributed by atoms with E-state index < -0.39 is 0 Å². The number of ether oxygens (including phenoxy) is 1. The molecule has 0 atom stereocenters. The van der Waals surface area contributed by atoms with Gasteiger partial charge in [-0.05, 0) is 36.2 Å². The Morgan fingerprint density at radius 1 is 1.16 bits per heavy atom. The summed E-state index contributed by atoms with van der Waals surface area (Å²) in [6.45, 7) is 1.77. The predicted octanol–water partition coefficient (Wildman–Crippen LogP) is 5.04. The number of hydrogen-bond donors (Lipinski definition) is 0.